The zero-order valence-electron chi connectivity index (χ0n) is 15.2. The Balaban J connectivity index is 2.62. The number of rotatable bonds is 8. The third kappa shape index (κ3) is 8.11. The van der Waals surface area contributed by atoms with Crippen molar-refractivity contribution >= 4 is 11.4 Å². The van der Waals surface area contributed by atoms with E-state index in [9.17, 15) is 0 Å². The molecule has 0 atom stereocenters. The summed E-state index contributed by atoms with van der Waals surface area (Å²) in [4.78, 5) is 9.38. The van der Waals surface area contributed by atoms with Crippen molar-refractivity contribution in [1.29, 1.82) is 0 Å². The van der Waals surface area contributed by atoms with Crippen molar-refractivity contribution in [3.8, 4) is 0 Å². The molecule has 0 spiro atoms. The highest BCUT2D eigenvalue weighted by Crippen LogP contribution is 2.10. The lowest BCUT2D eigenvalue weighted by Gasteiger charge is -2.06. The topological polar surface area (TPSA) is 24.7 Å². The first-order chi connectivity index (χ1) is 10.4. The smallest absolute Gasteiger partial charge is 0.0639 e. The third-order valence-electron chi connectivity index (χ3n) is 3.46. The molecule has 2 nitrogen and oxygen atoms in total. The molecule has 0 amide bonds. The van der Waals surface area contributed by atoms with Crippen molar-refractivity contribution in [2.24, 2.45) is 21.8 Å². The average Bonchev–Trinajstić information content (AvgIpc) is 2.42. The van der Waals surface area contributed by atoms with Crippen LogP contribution in [0.25, 0.3) is 0 Å². The molecule has 0 radical (unpaired) electrons. The van der Waals surface area contributed by atoms with Gasteiger partial charge in [-0.1, -0.05) is 52.0 Å². The van der Waals surface area contributed by atoms with E-state index in [1.54, 1.807) is 0 Å². The van der Waals surface area contributed by atoms with Gasteiger partial charge in [0.2, 0.25) is 0 Å². The van der Waals surface area contributed by atoms with Gasteiger partial charge in [0.05, 0.1) is 13.1 Å². The minimum absolute atomic E-state index is 0.674. The Morgan fingerprint density at radius 2 is 1.23 bits per heavy atom. The molecule has 0 saturated carbocycles. The Morgan fingerprint density at radius 3 is 1.59 bits per heavy atom. The van der Waals surface area contributed by atoms with Crippen LogP contribution in [0, 0.1) is 11.8 Å². The predicted octanol–water partition coefficient (Wildman–Crippen LogP) is 5.70. The van der Waals surface area contributed by atoms with Gasteiger partial charge in [-0.2, -0.15) is 0 Å². The van der Waals surface area contributed by atoms with Crippen molar-refractivity contribution < 1.29 is 0 Å². The van der Waals surface area contributed by atoms with E-state index < -0.39 is 0 Å². The van der Waals surface area contributed by atoms with Crippen LogP contribution in [0.1, 0.15) is 65.5 Å². The highest BCUT2D eigenvalue weighted by Gasteiger charge is 2.00. The van der Waals surface area contributed by atoms with E-state index in [0.29, 0.717) is 11.8 Å². The Labute approximate surface area is 136 Å². The molecule has 0 unspecified atom stereocenters. The molecule has 1 aromatic rings. The van der Waals surface area contributed by atoms with Gasteiger partial charge in [-0.05, 0) is 49.7 Å². The molecular formula is C20H32N2. The van der Waals surface area contributed by atoms with E-state index in [-0.39, 0.29) is 0 Å². The maximum atomic E-state index is 4.69. The zero-order valence-corrected chi connectivity index (χ0v) is 15.2. The van der Waals surface area contributed by atoms with Crippen LogP contribution in [0.5, 0.6) is 0 Å². The van der Waals surface area contributed by atoms with Crippen molar-refractivity contribution in [3.63, 3.8) is 0 Å². The SMILES string of the molecule is CC(CC(C)C)=NCc1cccc(CN=C(C)CC(C)C)c1. The zero-order chi connectivity index (χ0) is 16.5. The first kappa shape index (κ1) is 18.6. The Bertz CT molecular complexity index is 467. The highest BCUT2D eigenvalue weighted by atomic mass is 14.7. The molecule has 1 aromatic carbocycles. The number of hydrogen-bond donors (Lipinski definition) is 0. The molecule has 0 N–H and O–H groups in total. The van der Waals surface area contributed by atoms with Gasteiger partial charge >= 0.3 is 0 Å². The molecule has 0 aliphatic carbocycles. The fraction of sp³-hybridized carbons (Fsp3) is 0.600. The molecule has 0 bridgehead atoms. The van der Waals surface area contributed by atoms with Gasteiger partial charge in [0.15, 0.2) is 0 Å². The average molecular weight is 300 g/mol. The monoisotopic (exact) mass is 300 g/mol. The fourth-order valence-corrected chi connectivity index (χ4v) is 2.59. The van der Waals surface area contributed by atoms with Gasteiger partial charge in [0, 0.05) is 11.4 Å². The summed E-state index contributed by atoms with van der Waals surface area (Å²) < 4.78 is 0. The number of aliphatic imine (C=N–C) groups is 2. The number of nitrogens with zero attached hydrogens (tertiary/aromatic N) is 2. The molecule has 2 heteroatoms. The minimum Gasteiger partial charge on any atom is -0.290 e. The van der Waals surface area contributed by atoms with Gasteiger partial charge < -0.3 is 0 Å². The van der Waals surface area contributed by atoms with E-state index >= 15 is 0 Å². The van der Waals surface area contributed by atoms with Gasteiger partial charge in [0.1, 0.15) is 0 Å². The van der Waals surface area contributed by atoms with Crippen molar-refractivity contribution in [3.05, 3.63) is 35.4 Å². The second kappa shape index (κ2) is 9.55. The lowest BCUT2D eigenvalue weighted by Crippen LogP contribution is -2.00. The van der Waals surface area contributed by atoms with E-state index in [0.717, 1.165) is 25.9 Å². The molecule has 0 saturated heterocycles. The molecule has 0 aliphatic heterocycles. The summed E-state index contributed by atoms with van der Waals surface area (Å²) in [7, 11) is 0. The van der Waals surface area contributed by atoms with E-state index in [1.165, 1.54) is 22.6 Å². The van der Waals surface area contributed by atoms with E-state index in [2.05, 4.69) is 65.8 Å². The summed E-state index contributed by atoms with van der Waals surface area (Å²) in [5, 5.41) is 0. The molecule has 0 heterocycles. The maximum Gasteiger partial charge on any atom is 0.0639 e. The van der Waals surface area contributed by atoms with Crippen LogP contribution >= 0.6 is 0 Å². The summed E-state index contributed by atoms with van der Waals surface area (Å²) in [5.41, 5.74) is 5.03. The van der Waals surface area contributed by atoms with Crippen molar-refractivity contribution in [2.45, 2.75) is 67.5 Å². The van der Waals surface area contributed by atoms with Crippen molar-refractivity contribution in [2.75, 3.05) is 0 Å². The summed E-state index contributed by atoms with van der Waals surface area (Å²) in [6, 6.07) is 8.66. The maximum absolute atomic E-state index is 4.69. The molecule has 0 aromatic heterocycles. The fourth-order valence-electron chi connectivity index (χ4n) is 2.59. The largest absolute Gasteiger partial charge is 0.290 e. The molecule has 122 valence electrons. The van der Waals surface area contributed by atoms with Crippen LogP contribution in [0.3, 0.4) is 0 Å². The van der Waals surface area contributed by atoms with Crippen LogP contribution in [-0.2, 0) is 13.1 Å². The number of benzene rings is 1. The summed E-state index contributed by atoms with van der Waals surface area (Å²) in [6.45, 7) is 14.7. The first-order valence-electron chi connectivity index (χ1n) is 8.44. The Hall–Kier alpha value is -1.44. The molecule has 22 heavy (non-hydrogen) atoms. The highest BCUT2D eigenvalue weighted by molar-refractivity contribution is 5.82. The minimum atomic E-state index is 0.674. The quantitative estimate of drug-likeness (QED) is 0.550. The van der Waals surface area contributed by atoms with Crippen LogP contribution in [0.15, 0.2) is 34.3 Å². The molecule has 0 fully saturated rings. The third-order valence-corrected chi connectivity index (χ3v) is 3.46. The predicted molar refractivity (Wildman–Crippen MR) is 99.0 cm³/mol. The molecular weight excluding hydrogens is 268 g/mol. The van der Waals surface area contributed by atoms with E-state index in [1.807, 2.05) is 0 Å². The lowest BCUT2D eigenvalue weighted by atomic mass is 10.1. The standard InChI is InChI=1S/C20H32N2/c1-15(2)10-17(5)21-13-19-8-7-9-20(12-19)14-22-18(6)11-16(3)4/h7-9,12,15-16H,10-11,13-14H2,1-6H3. The second-order valence-electron chi connectivity index (χ2n) is 7.12. The van der Waals surface area contributed by atoms with Crippen LogP contribution in [0.2, 0.25) is 0 Å². The van der Waals surface area contributed by atoms with Gasteiger partial charge in [0.25, 0.3) is 0 Å². The van der Waals surface area contributed by atoms with E-state index in [4.69, 9.17) is 9.98 Å². The van der Waals surface area contributed by atoms with Crippen LogP contribution in [-0.4, -0.2) is 11.4 Å². The normalized spacial score (nSPS) is 13.3. The Morgan fingerprint density at radius 1 is 0.818 bits per heavy atom. The van der Waals surface area contributed by atoms with Crippen molar-refractivity contribution in [1.82, 2.24) is 0 Å². The molecule has 1 rings (SSSR count). The van der Waals surface area contributed by atoms with Gasteiger partial charge in [-0.3, -0.25) is 9.98 Å². The van der Waals surface area contributed by atoms with Crippen LogP contribution < -0.4 is 0 Å². The Kier molecular flexibility index (Phi) is 8.08. The second-order valence-corrected chi connectivity index (χ2v) is 7.12. The summed E-state index contributed by atoms with van der Waals surface area (Å²) in [6.07, 6.45) is 2.16. The number of hydrogen-bond acceptors (Lipinski definition) is 2. The summed E-state index contributed by atoms with van der Waals surface area (Å²) in [5.74, 6) is 1.35. The lowest BCUT2D eigenvalue weighted by molar-refractivity contribution is 0.680. The van der Waals surface area contributed by atoms with Gasteiger partial charge in [-0.15, -0.1) is 0 Å². The van der Waals surface area contributed by atoms with Crippen LogP contribution in [0.4, 0.5) is 0 Å². The first-order valence-corrected chi connectivity index (χ1v) is 8.44. The van der Waals surface area contributed by atoms with Gasteiger partial charge in [-0.25, -0.2) is 0 Å². The molecule has 0 aliphatic rings. The summed E-state index contributed by atoms with van der Waals surface area (Å²) >= 11 is 0.